The Morgan fingerprint density at radius 3 is 3.08 bits per heavy atom. The van der Waals surface area contributed by atoms with Crippen molar-refractivity contribution in [1.82, 2.24) is 19.5 Å². The number of imidazole rings is 1. The average molecular weight is 347 g/mol. The number of hydrogen-bond acceptors (Lipinski definition) is 7. The number of aromatic nitrogens is 4. The zero-order chi connectivity index (χ0) is 18.1. The fourth-order valence-electron chi connectivity index (χ4n) is 3.22. The summed E-state index contributed by atoms with van der Waals surface area (Å²) in [6, 6.07) is -0.322. The monoisotopic (exact) mass is 347 g/mol. The van der Waals surface area contributed by atoms with E-state index in [-0.39, 0.29) is 29.9 Å². The van der Waals surface area contributed by atoms with Crippen molar-refractivity contribution in [3.63, 3.8) is 0 Å². The molecule has 9 heteroatoms. The van der Waals surface area contributed by atoms with Gasteiger partial charge in [-0.2, -0.15) is 4.98 Å². The van der Waals surface area contributed by atoms with Gasteiger partial charge in [0.15, 0.2) is 11.2 Å². The predicted molar refractivity (Wildman–Crippen MR) is 90.7 cm³/mol. The summed E-state index contributed by atoms with van der Waals surface area (Å²) in [5.74, 6) is -0.781. The minimum atomic E-state index is -0.733. The van der Waals surface area contributed by atoms with Crippen LogP contribution in [0.1, 0.15) is 32.2 Å². The largest absolute Gasteiger partial charge is 0.466 e. The zero-order valence-electron chi connectivity index (χ0n) is 13.9. The van der Waals surface area contributed by atoms with E-state index < -0.39 is 17.6 Å². The van der Waals surface area contributed by atoms with E-state index in [2.05, 4.69) is 21.5 Å². The van der Waals surface area contributed by atoms with Crippen LogP contribution in [0.15, 0.2) is 23.3 Å². The van der Waals surface area contributed by atoms with E-state index >= 15 is 0 Å². The van der Waals surface area contributed by atoms with Crippen LogP contribution in [0.2, 0.25) is 0 Å². The first-order valence-corrected chi connectivity index (χ1v) is 8.17. The highest BCUT2D eigenvalue weighted by atomic mass is 16.5. The van der Waals surface area contributed by atoms with Crippen molar-refractivity contribution < 1.29 is 14.6 Å². The molecule has 0 bridgehead atoms. The Hall–Kier alpha value is -2.68. The standard InChI is InChI=1S/C16H21N5O4/c1-3-4-25-12(23)5-9-8(2)10(6-11(9)22)21-7-18-13-14(21)19-16(17)20-15(13)24/h7,9-11,22H,2-6H2,1H3,(H3,17,19,20,24)/t9-,10-,11-/m0/s1. The van der Waals surface area contributed by atoms with Crippen LogP contribution in [0.25, 0.3) is 11.2 Å². The molecular weight excluding hydrogens is 326 g/mol. The fraction of sp³-hybridized carbons (Fsp3) is 0.500. The lowest BCUT2D eigenvalue weighted by Gasteiger charge is -2.17. The third-order valence-electron chi connectivity index (χ3n) is 4.47. The number of nitrogens with two attached hydrogens (primary N) is 1. The van der Waals surface area contributed by atoms with E-state index in [1.54, 1.807) is 4.57 Å². The normalized spacial score (nSPS) is 23.3. The zero-order valence-corrected chi connectivity index (χ0v) is 13.9. The number of aliphatic hydroxyl groups excluding tert-OH is 1. The predicted octanol–water partition coefficient (Wildman–Crippen LogP) is 0.523. The number of nitrogens with one attached hydrogen (secondary N) is 1. The van der Waals surface area contributed by atoms with Crippen LogP contribution in [0.5, 0.6) is 0 Å². The SMILES string of the molecule is C=C1[C@H](CC(=O)OCCC)[C@@H](O)C[C@@H]1n1cnc2c(=O)[nH]c(N)nc21. The summed E-state index contributed by atoms with van der Waals surface area (Å²) < 4.78 is 6.76. The van der Waals surface area contributed by atoms with Crippen LogP contribution in [0.3, 0.4) is 0 Å². The van der Waals surface area contributed by atoms with Crippen molar-refractivity contribution in [3.05, 3.63) is 28.8 Å². The van der Waals surface area contributed by atoms with Gasteiger partial charge < -0.3 is 20.1 Å². The molecule has 2 aromatic heterocycles. The van der Waals surface area contributed by atoms with E-state index in [1.807, 2.05) is 6.92 Å². The second kappa shape index (κ2) is 6.67. The van der Waals surface area contributed by atoms with Crippen molar-refractivity contribution >= 4 is 23.1 Å². The van der Waals surface area contributed by atoms with Gasteiger partial charge in [0.2, 0.25) is 5.95 Å². The van der Waals surface area contributed by atoms with Crippen molar-refractivity contribution in [3.8, 4) is 0 Å². The summed E-state index contributed by atoms with van der Waals surface area (Å²) in [5.41, 5.74) is 6.36. The summed E-state index contributed by atoms with van der Waals surface area (Å²) in [4.78, 5) is 34.4. The van der Waals surface area contributed by atoms with Crippen LogP contribution in [0.4, 0.5) is 5.95 Å². The van der Waals surface area contributed by atoms with Crippen molar-refractivity contribution in [2.24, 2.45) is 5.92 Å². The lowest BCUT2D eigenvalue weighted by Crippen LogP contribution is -2.19. The number of nitrogens with zero attached hydrogens (tertiary/aromatic N) is 3. The molecule has 0 radical (unpaired) electrons. The summed E-state index contributed by atoms with van der Waals surface area (Å²) in [6.07, 6.45) is 1.91. The van der Waals surface area contributed by atoms with Crippen LogP contribution >= 0.6 is 0 Å². The number of anilines is 1. The number of rotatable bonds is 5. The fourth-order valence-corrected chi connectivity index (χ4v) is 3.22. The molecule has 0 amide bonds. The van der Waals surface area contributed by atoms with Gasteiger partial charge in [0.25, 0.3) is 5.56 Å². The first kappa shape index (κ1) is 17.2. The number of nitrogen functional groups attached to an aromatic ring is 1. The highest BCUT2D eigenvalue weighted by Crippen LogP contribution is 2.41. The molecule has 1 aliphatic rings. The summed E-state index contributed by atoms with van der Waals surface area (Å²) in [7, 11) is 0. The van der Waals surface area contributed by atoms with Crippen LogP contribution < -0.4 is 11.3 Å². The molecule has 0 unspecified atom stereocenters. The number of carbonyl (C=O) groups excluding carboxylic acids is 1. The lowest BCUT2D eigenvalue weighted by molar-refractivity contribution is -0.145. The van der Waals surface area contributed by atoms with Gasteiger partial charge in [-0.15, -0.1) is 0 Å². The van der Waals surface area contributed by atoms with Crippen LogP contribution in [-0.4, -0.2) is 43.3 Å². The Kier molecular flexibility index (Phi) is 4.58. The summed E-state index contributed by atoms with van der Waals surface area (Å²) >= 11 is 0. The number of fused-ring (bicyclic) bond motifs is 1. The molecule has 2 heterocycles. The van der Waals surface area contributed by atoms with Crippen LogP contribution in [-0.2, 0) is 9.53 Å². The van der Waals surface area contributed by atoms with Gasteiger partial charge in [0.1, 0.15) is 0 Å². The van der Waals surface area contributed by atoms with E-state index in [0.29, 0.717) is 24.2 Å². The molecule has 134 valence electrons. The Morgan fingerprint density at radius 2 is 2.36 bits per heavy atom. The molecule has 9 nitrogen and oxygen atoms in total. The Bertz CT molecular complexity index is 871. The molecular formula is C16H21N5O4. The molecule has 0 spiro atoms. The van der Waals surface area contributed by atoms with Gasteiger partial charge in [0.05, 0.1) is 31.5 Å². The third kappa shape index (κ3) is 3.14. The number of hydrogen-bond donors (Lipinski definition) is 3. The summed E-state index contributed by atoms with van der Waals surface area (Å²) in [6.45, 7) is 6.32. The quantitative estimate of drug-likeness (QED) is 0.530. The molecule has 0 saturated heterocycles. The minimum absolute atomic E-state index is 0.0110. The highest BCUT2D eigenvalue weighted by molar-refractivity contribution is 5.72. The number of aromatic amines is 1. The molecule has 0 aliphatic heterocycles. The lowest BCUT2D eigenvalue weighted by atomic mass is 9.97. The second-order valence-corrected chi connectivity index (χ2v) is 6.20. The number of carbonyl (C=O) groups is 1. The molecule has 4 N–H and O–H groups in total. The Balaban J connectivity index is 1.86. The van der Waals surface area contributed by atoms with Gasteiger partial charge in [0, 0.05) is 5.92 Å². The molecule has 25 heavy (non-hydrogen) atoms. The smallest absolute Gasteiger partial charge is 0.306 e. The first-order chi connectivity index (χ1) is 11.9. The number of esters is 1. The van der Waals surface area contributed by atoms with Gasteiger partial charge >= 0.3 is 5.97 Å². The van der Waals surface area contributed by atoms with Gasteiger partial charge in [-0.1, -0.05) is 13.5 Å². The highest BCUT2D eigenvalue weighted by Gasteiger charge is 2.39. The Morgan fingerprint density at radius 1 is 1.60 bits per heavy atom. The molecule has 3 atom stereocenters. The first-order valence-electron chi connectivity index (χ1n) is 8.17. The van der Waals surface area contributed by atoms with E-state index in [0.717, 1.165) is 6.42 Å². The maximum atomic E-state index is 11.9. The number of H-pyrrole nitrogens is 1. The van der Waals surface area contributed by atoms with Gasteiger partial charge in [-0.05, 0) is 18.4 Å². The molecule has 3 rings (SSSR count). The van der Waals surface area contributed by atoms with E-state index in [4.69, 9.17) is 10.5 Å². The van der Waals surface area contributed by atoms with Gasteiger partial charge in [-0.25, -0.2) is 4.98 Å². The molecule has 1 saturated carbocycles. The number of ether oxygens (including phenoxy) is 1. The Labute approximate surface area is 143 Å². The van der Waals surface area contributed by atoms with Crippen molar-refractivity contribution in [2.45, 2.75) is 38.3 Å². The molecule has 1 aliphatic carbocycles. The maximum absolute atomic E-state index is 11.9. The average Bonchev–Trinajstić information content (AvgIpc) is 3.09. The maximum Gasteiger partial charge on any atom is 0.306 e. The third-order valence-corrected chi connectivity index (χ3v) is 4.47. The minimum Gasteiger partial charge on any atom is -0.466 e. The molecule has 1 fully saturated rings. The van der Waals surface area contributed by atoms with Gasteiger partial charge in [-0.3, -0.25) is 14.6 Å². The second-order valence-electron chi connectivity index (χ2n) is 6.20. The molecule has 0 aromatic carbocycles. The van der Waals surface area contributed by atoms with E-state index in [9.17, 15) is 14.7 Å². The molecule has 2 aromatic rings. The van der Waals surface area contributed by atoms with E-state index in [1.165, 1.54) is 6.33 Å². The topological polar surface area (TPSA) is 136 Å². The van der Waals surface area contributed by atoms with Crippen LogP contribution in [0, 0.1) is 5.92 Å². The number of aliphatic hydroxyl groups is 1. The van der Waals surface area contributed by atoms with Crippen molar-refractivity contribution in [1.29, 1.82) is 0 Å². The summed E-state index contributed by atoms with van der Waals surface area (Å²) in [5, 5.41) is 10.4. The van der Waals surface area contributed by atoms with Crippen molar-refractivity contribution in [2.75, 3.05) is 12.3 Å².